The molecule has 0 aliphatic carbocycles. The second-order valence-corrected chi connectivity index (χ2v) is 4.79. The number of carbonyl (C=O) groups is 2. The Labute approximate surface area is 117 Å². The molecule has 1 saturated heterocycles. The number of hydrogen-bond donors (Lipinski definition) is 2. The van der Waals surface area contributed by atoms with Crippen molar-refractivity contribution in [2.75, 3.05) is 33.2 Å². The molecule has 0 atom stereocenters. The van der Waals surface area contributed by atoms with E-state index in [1.54, 1.807) is 4.90 Å². The fourth-order valence-electron chi connectivity index (χ4n) is 2.00. The first kappa shape index (κ1) is 14.3. The largest absolute Gasteiger partial charge is 0.478 e. The Hall–Kier alpha value is -2.15. The van der Waals surface area contributed by atoms with Crippen LogP contribution in [0.15, 0.2) is 18.3 Å². The molecule has 0 aromatic carbocycles. The van der Waals surface area contributed by atoms with Crippen molar-refractivity contribution in [1.82, 2.24) is 20.1 Å². The smallest absolute Gasteiger partial charge is 0.335 e. The minimum atomic E-state index is -1.00. The number of nitrogens with one attached hydrogen (secondary N) is 1. The Kier molecular flexibility index (Phi) is 4.52. The number of likely N-dealkylation sites (N-methyl/N-ethyl adjacent to an activating group) is 1. The minimum Gasteiger partial charge on any atom is -0.478 e. The van der Waals surface area contributed by atoms with Crippen LogP contribution in [0, 0.1) is 0 Å². The number of urea groups is 1. The summed E-state index contributed by atoms with van der Waals surface area (Å²) in [7, 11) is 2.02. The Morgan fingerprint density at radius 1 is 1.35 bits per heavy atom. The fraction of sp³-hybridized carbons (Fsp3) is 0.462. The average Bonchev–Trinajstić information content (AvgIpc) is 2.46. The lowest BCUT2D eigenvalue weighted by Gasteiger charge is -2.32. The number of aromatic carboxylic acids is 1. The molecule has 1 aromatic rings. The van der Waals surface area contributed by atoms with Gasteiger partial charge in [-0.2, -0.15) is 0 Å². The van der Waals surface area contributed by atoms with Crippen LogP contribution in [-0.2, 0) is 6.54 Å². The van der Waals surface area contributed by atoms with Gasteiger partial charge in [0.15, 0.2) is 0 Å². The molecule has 7 heteroatoms. The molecule has 1 fully saturated rings. The van der Waals surface area contributed by atoms with E-state index in [0.29, 0.717) is 18.8 Å². The van der Waals surface area contributed by atoms with Gasteiger partial charge in [0.2, 0.25) is 0 Å². The van der Waals surface area contributed by atoms with Gasteiger partial charge >= 0.3 is 12.0 Å². The summed E-state index contributed by atoms with van der Waals surface area (Å²) in [5, 5.41) is 11.7. The van der Waals surface area contributed by atoms with Gasteiger partial charge < -0.3 is 20.2 Å². The normalized spacial score (nSPS) is 15.9. The van der Waals surface area contributed by atoms with Crippen LogP contribution in [-0.4, -0.2) is 65.1 Å². The van der Waals surface area contributed by atoms with Crippen molar-refractivity contribution >= 4 is 12.0 Å². The van der Waals surface area contributed by atoms with Crippen LogP contribution >= 0.6 is 0 Å². The van der Waals surface area contributed by atoms with Gasteiger partial charge in [-0.25, -0.2) is 9.59 Å². The molecule has 0 bridgehead atoms. The number of nitrogens with zero attached hydrogens (tertiary/aromatic N) is 3. The highest BCUT2D eigenvalue weighted by Crippen LogP contribution is 2.03. The summed E-state index contributed by atoms with van der Waals surface area (Å²) in [5.74, 6) is -1.00. The molecule has 0 saturated carbocycles. The summed E-state index contributed by atoms with van der Waals surface area (Å²) < 4.78 is 0. The second kappa shape index (κ2) is 6.33. The Balaban J connectivity index is 1.87. The quantitative estimate of drug-likeness (QED) is 0.827. The first-order valence-corrected chi connectivity index (χ1v) is 6.46. The van der Waals surface area contributed by atoms with Crippen molar-refractivity contribution in [3.63, 3.8) is 0 Å². The molecule has 1 aliphatic heterocycles. The molecule has 2 N–H and O–H groups in total. The summed E-state index contributed by atoms with van der Waals surface area (Å²) in [4.78, 5) is 30.8. The van der Waals surface area contributed by atoms with Crippen molar-refractivity contribution in [1.29, 1.82) is 0 Å². The molecule has 0 unspecified atom stereocenters. The second-order valence-electron chi connectivity index (χ2n) is 4.79. The molecular weight excluding hydrogens is 260 g/mol. The van der Waals surface area contributed by atoms with E-state index in [1.165, 1.54) is 18.3 Å². The van der Waals surface area contributed by atoms with E-state index in [9.17, 15) is 9.59 Å². The molecule has 2 heterocycles. The number of carboxylic acid groups (broad SMARTS) is 1. The van der Waals surface area contributed by atoms with Crippen LogP contribution < -0.4 is 5.32 Å². The maximum Gasteiger partial charge on any atom is 0.335 e. The van der Waals surface area contributed by atoms with Crippen molar-refractivity contribution < 1.29 is 14.7 Å². The topological polar surface area (TPSA) is 85.8 Å². The highest BCUT2D eigenvalue weighted by molar-refractivity contribution is 5.87. The third-order valence-corrected chi connectivity index (χ3v) is 3.27. The molecule has 0 spiro atoms. The number of pyridine rings is 1. The van der Waals surface area contributed by atoms with E-state index < -0.39 is 5.97 Å². The summed E-state index contributed by atoms with van der Waals surface area (Å²) in [5.41, 5.74) is 0.705. The number of amides is 2. The third-order valence-electron chi connectivity index (χ3n) is 3.27. The van der Waals surface area contributed by atoms with Gasteiger partial charge in [0.25, 0.3) is 0 Å². The Bertz CT molecular complexity index is 498. The lowest BCUT2D eigenvalue weighted by Crippen LogP contribution is -2.50. The molecule has 108 valence electrons. The van der Waals surface area contributed by atoms with E-state index in [2.05, 4.69) is 15.2 Å². The molecule has 1 aromatic heterocycles. The summed E-state index contributed by atoms with van der Waals surface area (Å²) >= 11 is 0. The maximum absolute atomic E-state index is 11.9. The number of carbonyl (C=O) groups excluding carboxylic acids is 1. The van der Waals surface area contributed by atoms with Gasteiger partial charge in [0.1, 0.15) is 0 Å². The van der Waals surface area contributed by atoms with Crippen molar-refractivity contribution in [3.05, 3.63) is 29.6 Å². The fourth-order valence-corrected chi connectivity index (χ4v) is 2.00. The zero-order chi connectivity index (χ0) is 14.5. The number of hydrogen-bond acceptors (Lipinski definition) is 4. The lowest BCUT2D eigenvalue weighted by molar-refractivity contribution is 0.0696. The first-order chi connectivity index (χ1) is 9.56. The van der Waals surface area contributed by atoms with Crippen LogP contribution in [0.4, 0.5) is 4.79 Å². The van der Waals surface area contributed by atoms with E-state index in [4.69, 9.17) is 5.11 Å². The van der Waals surface area contributed by atoms with Crippen LogP contribution in [0.3, 0.4) is 0 Å². The minimum absolute atomic E-state index is 0.138. The number of carboxylic acids is 1. The highest BCUT2D eigenvalue weighted by Gasteiger charge is 2.18. The van der Waals surface area contributed by atoms with Gasteiger partial charge in [-0.15, -0.1) is 0 Å². The summed E-state index contributed by atoms with van der Waals surface area (Å²) in [6, 6.07) is 2.75. The van der Waals surface area contributed by atoms with Crippen LogP contribution in [0.5, 0.6) is 0 Å². The van der Waals surface area contributed by atoms with Gasteiger partial charge in [-0.05, 0) is 19.2 Å². The summed E-state index contributed by atoms with van der Waals surface area (Å²) in [6.07, 6.45) is 1.43. The Morgan fingerprint density at radius 2 is 2.05 bits per heavy atom. The lowest BCUT2D eigenvalue weighted by atomic mass is 10.2. The summed E-state index contributed by atoms with van der Waals surface area (Å²) in [6.45, 7) is 3.35. The number of rotatable bonds is 3. The van der Waals surface area contributed by atoms with E-state index in [1.807, 2.05) is 7.05 Å². The van der Waals surface area contributed by atoms with Crippen molar-refractivity contribution in [2.45, 2.75) is 6.54 Å². The number of piperazine rings is 1. The molecule has 0 radical (unpaired) electrons. The van der Waals surface area contributed by atoms with Gasteiger partial charge in [0.05, 0.1) is 17.8 Å². The first-order valence-electron chi connectivity index (χ1n) is 6.46. The molecular formula is C13H18N4O3. The van der Waals surface area contributed by atoms with Crippen LogP contribution in [0.25, 0.3) is 0 Å². The average molecular weight is 278 g/mol. The van der Waals surface area contributed by atoms with Crippen molar-refractivity contribution in [3.8, 4) is 0 Å². The van der Waals surface area contributed by atoms with Crippen LogP contribution in [0.2, 0.25) is 0 Å². The standard InChI is InChI=1S/C13H18N4O3/c1-16-4-6-17(7-5-16)13(20)15-9-11-8-10(12(18)19)2-3-14-11/h2-3,8H,4-7,9H2,1H3,(H,15,20)(H,18,19). The van der Waals surface area contributed by atoms with Gasteiger partial charge in [-0.1, -0.05) is 0 Å². The molecule has 20 heavy (non-hydrogen) atoms. The molecule has 2 rings (SSSR count). The third kappa shape index (κ3) is 3.67. The van der Waals surface area contributed by atoms with E-state index >= 15 is 0 Å². The van der Waals surface area contributed by atoms with Gasteiger partial charge in [-0.3, -0.25) is 4.98 Å². The van der Waals surface area contributed by atoms with E-state index in [0.717, 1.165) is 13.1 Å². The maximum atomic E-state index is 11.9. The highest BCUT2D eigenvalue weighted by atomic mass is 16.4. The van der Waals surface area contributed by atoms with Crippen molar-refractivity contribution in [2.24, 2.45) is 0 Å². The van der Waals surface area contributed by atoms with E-state index in [-0.39, 0.29) is 18.1 Å². The Morgan fingerprint density at radius 3 is 2.70 bits per heavy atom. The molecule has 2 amide bonds. The zero-order valence-corrected chi connectivity index (χ0v) is 11.4. The van der Waals surface area contributed by atoms with Crippen LogP contribution in [0.1, 0.15) is 16.1 Å². The SMILES string of the molecule is CN1CCN(C(=O)NCc2cc(C(=O)O)ccn2)CC1. The van der Waals surface area contributed by atoms with Gasteiger partial charge in [0, 0.05) is 32.4 Å². The zero-order valence-electron chi connectivity index (χ0n) is 11.4. The monoisotopic (exact) mass is 278 g/mol. The predicted octanol–water partition coefficient (Wildman–Crippen LogP) is 0.237. The molecule has 1 aliphatic rings. The number of aromatic nitrogens is 1. The molecule has 7 nitrogen and oxygen atoms in total. The predicted molar refractivity (Wildman–Crippen MR) is 72.5 cm³/mol.